The first kappa shape index (κ1) is 23.7. The minimum Gasteiger partial charge on any atom is -0.491 e. The summed E-state index contributed by atoms with van der Waals surface area (Å²) in [4.78, 5) is 12.6. The molecule has 7 nitrogen and oxygen atoms in total. The fraction of sp³-hybridized carbons (Fsp3) is 0.200. The van der Waals surface area contributed by atoms with Crippen molar-refractivity contribution in [1.82, 2.24) is 5.32 Å². The molecule has 1 amide bonds. The van der Waals surface area contributed by atoms with Gasteiger partial charge in [-0.25, -0.2) is 8.42 Å². The fourth-order valence-corrected chi connectivity index (χ4v) is 5.40. The highest BCUT2D eigenvalue weighted by Crippen LogP contribution is 2.32. The Kier molecular flexibility index (Phi) is 6.85. The molecule has 1 aliphatic rings. The van der Waals surface area contributed by atoms with Gasteiger partial charge in [-0.2, -0.15) is 0 Å². The molecule has 0 spiro atoms. The van der Waals surface area contributed by atoms with Crippen LogP contribution in [0.3, 0.4) is 0 Å². The highest BCUT2D eigenvalue weighted by Gasteiger charge is 2.30. The first-order valence-electron chi connectivity index (χ1n) is 10.8. The number of amides is 1. The van der Waals surface area contributed by atoms with Crippen LogP contribution < -0.4 is 19.7 Å². The van der Waals surface area contributed by atoms with Crippen LogP contribution in [-0.2, 0) is 16.4 Å². The van der Waals surface area contributed by atoms with Gasteiger partial charge in [0, 0.05) is 17.8 Å². The monoisotopic (exact) mass is 495 g/mol. The number of hydrogen-bond acceptors (Lipinski definition) is 5. The summed E-state index contributed by atoms with van der Waals surface area (Å²) in [5, 5.41) is 5.64. The molecule has 0 saturated heterocycles. The lowest BCUT2D eigenvalue weighted by atomic mass is 10.2. The first-order valence-corrected chi connectivity index (χ1v) is 12.7. The van der Waals surface area contributed by atoms with Crippen molar-refractivity contribution in [3.8, 4) is 5.75 Å². The average Bonchev–Trinajstić information content (AvgIpc) is 3.24. The minimum atomic E-state index is -3.67. The van der Waals surface area contributed by atoms with E-state index in [0.29, 0.717) is 30.0 Å². The Morgan fingerprint density at radius 3 is 2.35 bits per heavy atom. The van der Waals surface area contributed by atoms with Gasteiger partial charge in [0.1, 0.15) is 5.75 Å². The highest BCUT2D eigenvalue weighted by atomic mass is 32.2. The summed E-state index contributed by atoms with van der Waals surface area (Å²) in [6, 6.07) is 20.6. The molecule has 4 rings (SSSR count). The SMILES string of the molecule is CC(C)Oc1ccc(C(=O)NC(=S)Nc2ccc(S(=O)(=O)N3CCc4ccccc43)cc2)cc1. The van der Waals surface area contributed by atoms with Crippen LogP contribution in [0, 0.1) is 0 Å². The molecule has 3 aromatic carbocycles. The second kappa shape index (κ2) is 9.82. The molecular weight excluding hydrogens is 470 g/mol. The van der Waals surface area contributed by atoms with Gasteiger partial charge in [0.2, 0.25) is 0 Å². The normalized spacial score (nSPS) is 12.9. The number of anilines is 2. The van der Waals surface area contributed by atoms with Crippen molar-refractivity contribution in [3.05, 3.63) is 83.9 Å². The van der Waals surface area contributed by atoms with Crippen LogP contribution in [-0.4, -0.2) is 32.1 Å². The topological polar surface area (TPSA) is 87.7 Å². The van der Waals surface area contributed by atoms with Crippen LogP contribution in [0.4, 0.5) is 11.4 Å². The molecule has 0 atom stereocenters. The standard InChI is InChI=1S/C25H25N3O4S2/c1-17(2)32-21-11-7-19(8-12-21)24(29)27-25(33)26-20-9-13-22(14-10-20)34(30,31)28-16-15-18-5-3-4-6-23(18)28/h3-14,17H,15-16H2,1-2H3,(H2,26,27,29,33). The van der Waals surface area contributed by atoms with Crippen LogP contribution in [0.5, 0.6) is 5.75 Å². The van der Waals surface area contributed by atoms with Crippen LogP contribution in [0.1, 0.15) is 29.8 Å². The molecule has 0 radical (unpaired) electrons. The van der Waals surface area contributed by atoms with Gasteiger partial charge in [-0.15, -0.1) is 0 Å². The third kappa shape index (κ3) is 5.21. The predicted octanol–water partition coefficient (Wildman–Crippen LogP) is 4.35. The Morgan fingerprint density at radius 2 is 1.68 bits per heavy atom. The molecule has 1 aliphatic heterocycles. The van der Waals surface area contributed by atoms with E-state index >= 15 is 0 Å². The summed E-state index contributed by atoms with van der Waals surface area (Å²) < 4.78 is 33.3. The lowest BCUT2D eigenvalue weighted by Crippen LogP contribution is -2.34. The zero-order valence-corrected chi connectivity index (χ0v) is 20.4. The van der Waals surface area contributed by atoms with Crippen molar-refractivity contribution >= 4 is 44.6 Å². The summed E-state index contributed by atoms with van der Waals surface area (Å²) >= 11 is 5.24. The van der Waals surface area contributed by atoms with Crippen LogP contribution >= 0.6 is 12.2 Å². The smallest absolute Gasteiger partial charge is 0.264 e. The first-order chi connectivity index (χ1) is 16.2. The summed E-state index contributed by atoms with van der Waals surface area (Å²) in [6.07, 6.45) is 0.736. The lowest BCUT2D eigenvalue weighted by molar-refractivity contribution is 0.0977. The van der Waals surface area contributed by atoms with Gasteiger partial charge in [-0.3, -0.25) is 14.4 Å². The van der Waals surface area contributed by atoms with Crippen molar-refractivity contribution in [2.24, 2.45) is 0 Å². The number of para-hydroxylation sites is 1. The number of nitrogens with zero attached hydrogens (tertiary/aromatic N) is 1. The molecule has 0 saturated carbocycles. The number of carbonyl (C=O) groups excluding carboxylic acids is 1. The van der Waals surface area contributed by atoms with Gasteiger partial charge >= 0.3 is 0 Å². The Morgan fingerprint density at radius 1 is 1.00 bits per heavy atom. The van der Waals surface area contributed by atoms with Crippen molar-refractivity contribution < 1.29 is 17.9 Å². The fourth-order valence-electron chi connectivity index (χ4n) is 3.69. The molecular formula is C25H25N3O4S2. The van der Waals surface area contributed by atoms with Gasteiger partial charge in [-0.1, -0.05) is 18.2 Å². The van der Waals surface area contributed by atoms with Gasteiger partial charge < -0.3 is 10.1 Å². The molecule has 0 aliphatic carbocycles. The Hall–Kier alpha value is -3.43. The van der Waals surface area contributed by atoms with Gasteiger partial charge in [0.25, 0.3) is 15.9 Å². The maximum Gasteiger partial charge on any atom is 0.264 e. The van der Waals surface area contributed by atoms with Crippen LogP contribution in [0.15, 0.2) is 77.7 Å². The molecule has 0 bridgehead atoms. The highest BCUT2D eigenvalue weighted by molar-refractivity contribution is 7.92. The average molecular weight is 496 g/mol. The number of hydrogen-bond donors (Lipinski definition) is 2. The van der Waals surface area contributed by atoms with E-state index < -0.39 is 10.0 Å². The molecule has 0 unspecified atom stereocenters. The van der Waals surface area contributed by atoms with E-state index in [4.69, 9.17) is 17.0 Å². The number of sulfonamides is 1. The maximum absolute atomic E-state index is 13.1. The second-order valence-electron chi connectivity index (χ2n) is 8.08. The van der Waals surface area contributed by atoms with Crippen molar-refractivity contribution in [1.29, 1.82) is 0 Å². The van der Waals surface area contributed by atoms with Crippen LogP contribution in [0.25, 0.3) is 0 Å². The molecule has 34 heavy (non-hydrogen) atoms. The summed E-state index contributed by atoms with van der Waals surface area (Å²) in [6.45, 7) is 4.28. The van der Waals surface area contributed by atoms with E-state index in [1.165, 1.54) is 16.4 Å². The zero-order chi connectivity index (χ0) is 24.3. The third-order valence-electron chi connectivity index (χ3n) is 5.26. The van der Waals surface area contributed by atoms with Gasteiger partial charge in [-0.05, 0) is 92.6 Å². The van der Waals surface area contributed by atoms with Crippen molar-refractivity contribution in [2.45, 2.75) is 31.3 Å². The summed E-state index contributed by atoms with van der Waals surface area (Å²) in [7, 11) is -3.67. The second-order valence-corrected chi connectivity index (χ2v) is 10.4. The number of carbonyl (C=O) groups is 1. The number of rotatable bonds is 6. The van der Waals surface area contributed by atoms with E-state index in [9.17, 15) is 13.2 Å². The van der Waals surface area contributed by atoms with Gasteiger partial charge in [0.15, 0.2) is 5.11 Å². The number of fused-ring (bicyclic) bond motifs is 1. The predicted molar refractivity (Wildman–Crippen MR) is 137 cm³/mol. The molecule has 0 fully saturated rings. The zero-order valence-electron chi connectivity index (χ0n) is 18.8. The molecule has 1 heterocycles. The Labute approximate surface area is 204 Å². The third-order valence-corrected chi connectivity index (χ3v) is 7.29. The van der Waals surface area contributed by atoms with Gasteiger partial charge in [0.05, 0.1) is 16.7 Å². The molecule has 2 N–H and O–H groups in total. The molecule has 176 valence electrons. The lowest BCUT2D eigenvalue weighted by Gasteiger charge is -2.19. The van der Waals surface area contributed by atoms with Crippen LogP contribution in [0.2, 0.25) is 0 Å². The minimum absolute atomic E-state index is 0.0454. The van der Waals surface area contributed by atoms with E-state index in [2.05, 4.69) is 10.6 Å². The number of benzene rings is 3. The number of ether oxygens (including phenoxy) is 1. The van der Waals surface area contributed by atoms with E-state index in [1.54, 1.807) is 36.4 Å². The molecule has 9 heteroatoms. The van der Waals surface area contributed by atoms with Crippen molar-refractivity contribution in [2.75, 3.05) is 16.2 Å². The van der Waals surface area contributed by atoms with Crippen molar-refractivity contribution in [3.63, 3.8) is 0 Å². The summed E-state index contributed by atoms with van der Waals surface area (Å²) in [5.41, 5.74) is 2.74. The van der Waals surface area contributed by atoms with E-state index in [0.717, 1.165) is 11.3 Å². The maximum atomic E-state index is 13.1. The Bertz CT molecular complexity index is 1300. The van der Waals surface area contributed by atoms with E-state index in [-0.39, 0.29) is 22.0 Å². The number of nitrogens with one attached hydrogen (secondary N) is 2. The quantitative estimate of drug-likeness (QED) is 0.495. The van der Waals surface area contributed by atoms with E-state index in [1.807, 2.05) is 38.1 Å². The molecule has 0 aromatic heterocycles. The molecule has 3 aromatic rings. The Balaban J connectivity index is 1.38. The largest absolute Gasteiger partial charge is 0.491 e. The number of thiocarbonyl (C=S) groups is 1. The summed E-state index contributed by atoms with van der Waals surface area (Å²) in [5.74, 6) is 0.320.